The molecule has 0 aliphatic carbocycles. The van der Waals surface area contributed by atoms with Crippen molar-refractivity contribution >= 4 is 39.7 Å². The van der Waals surface area contributed by atoms with Crippen LogP contribution in [0.3, 0.4) is 0 Å². The van der Waals surface area contributed by atoms with Gasteiger partial charge in [0.2, 0.25) is 0 Å². The van der Waals surface area contributed by atoms with Gasteiger partial charge in [-0.2, -0.15) is 0 Å². The fraction of sp³-hybridized carbons (Fsp3) is 0.0588. The highest BCUT2D eigenvalue weighted by atomic mass is 32.1. The summed E-state index contributed by atoms with van der Waals surface area (Å²) in [4.78, 5) is 7.67. The highest BCUT2D eigenvalue weighted by molar-refractivity contribution is 7.80. The van der Waals surface area contributed by atoms with E-state index >= 15 is 0 Å². The van der Waals surface area contributed by atoms with Crippen LogP contribution in [0.15, 0.2) is 55.1 Å². The Morgan fingerprint density at radius 2 is 1.83 bits per heavy atom. The summed E-state index contributed by atoms with van der Waals surface area (Å²) in [5.74, 6) is 0.664. The standard InChI is InChI=1S/C17H17N5S/c1-11-7-3-4-8-13(11)20-17(23)22-21-12(2)16-18-14-9-5-6-10-15(14)19-16/h3-10,21H,2H2,1H3,(H,18,19)(H2,20,22,23). The van der Waals surface area contributed by atoms with E-state index in [0.717, 1.165) is 22.3 Å². The largest absolute Gasteiger partial charge is 0.337 e. The number of fused-ring (bicyclic) bond motifs is 1. The predicted octanol–water partition coefficient (Wildman–Crippen LogP) is 3.33. The number of hydrazine groups is 1. The second-order valence-corrected chi connectivity index (χ2v) is 5.51. The van der Waals surface area contributed by atoms with Crippen molar-refractivity contribution in [2.75, 3.05) is 5.32 Å². The Morgan fingerprint density at radius 3 is 2.61 bits per heavy atom. The molecule has 0 aliphatic heterocycles. The van der Waals surface area contributed by atoms with Gasteiger partial charge in [-0.05, 0) is 42.9 Å². The third-order valence-corrected chi connectivity index (χ3v) is 3.60. The Morgan fingerprint density at radius 1 is 1.09 bits per heavy atom. The molecule has 0 radical (unpaired) electrons. The Balaban J connectivity index is 1.60. The molecule has 116 valence electrons. The van der Waals surface area contributed by atoms with Crippen LogP contribution in [0.5, 0.6) is 0 Å². The fourth-order valence-corrected chi connectivity index (χ4v) is 2.31. The van der Waals surface area contributed by atoms with Crippen LogP contribution in [-0.4, -0.2) is 15.1 Å². The number of thiocarbonyl (C=S) groups is 1. The van der Waals surface area contributed by atoms with Gasteiger partial charge in [-0.3, -0.25) is 10.9 Å². The Labute approximate surface area is 139 Å². The van der Waals surface area contributed by atoms with Crippen molar-refractivity contribution in [3.05, 3.63) is 66.5 Å². The molecule has 0 saturated carbocycles. The maximum Gasteiger partial charge on any atom is 0.189 e. The van der Waals surface area contributed by atoms with Crippen molar-refractivity contribution in [3.8, 4) is 0 Å². The minimum atomic E-state index is 0.455. The number of aryl methyl sites for hydroxylation is 1. The van der Waals surface area contributed by atoms with E-state index < -0.39 is 0 Å². The van der Waals surface area contributed by atoms with Crippen LogP contribution in [0.2, 0.25) is 0 Å². The highest BCUT2D eigenvalue weighted by Crippen LogP contribution is 2.14. The third kappa shape index (κ3) is 3.49. The minimum absolute atomic E-state index is 0.455. The number of benzene rings is 2. The molecule has 3 rings (SSSR count). The topological polar surface area (TPSA) is 64.8 Å². The first-order valence-corrected chi connectivity index (χ1v) is 7.57. The van der Waals surface area contributed by atoms with Gasteiger partial charge in [-0.1, -0.05) is 36.9 Å². The van der Waals surface area contributed by atoms with Gasteiger partial charge in [0.15, 0.2) is 10.9 Å². The molecule has 23 heavy (non-hydrogen) atoms. The van der Waals surface area contributed by atoms with Crippen molar-refractivity contribution in [1.82, 2.24) is 20.8 Å². The van der Waals surface area contributed by atoms with Crippen LogP contribution in [0.4, 0.5) is 5.69 Å². The average molecular weight is 323 g/mol. The Bertz CT molecular complexity index is 835. The van der Waals surface area contributed by atoms with Gasteiger partial charge in [0.1, 0.15) is 0 Å². The summed E-state index contributed by atoms with van der Waals surface area (Å²) in [6, 6.07) is 15.8. The molecule has 0 spiro atoms. The molecule has 1 heterocycles. The molecule has 0 bridgehead atoms. The molecule has 0 unspecified atom stereocenters. The molecule has 2 aromatic carbocycles. The molecule has 3 aromatic rings. The van der Waals surface area contributed by atoms with Gasteiger partial charge in [0.05, 0.1) is 16.7 Å². The second kappa shape index (κ2) is 6.50. The number of nitrogens with zero attached hydrogens (tertiary/aromatic N) is 1. The van der Waals surface area contributed by atoms with Gasteiger partial charge in [-0.25, -0.2) is 4.98 Å². The monoisotopic (exact) mass is 323 g/mol. The number of anilines is 1. The van der Waals surface area contributed by atoms with E-state index in [2.05, 4.69) is 32.7 Å². The summed E-state index contributed by atoms with van der Waals surface area (Å²) in [7, 11) is 0. The van der Waals surface area contributed by atoms with E-state index in [1.54, 1.807) is 0 Å². The molecule has 0 saturated heterocycles. The maximum absolute atomic E-state index is 5.27. The molecule has 0 aliphatic rings. The van der Waals surface area contributed by atoms with Gasteiger partial charge in [-0.15, -0.1) is 0 Å². The lowest BCUT2D eigenvalue weighted by molar-refractivity contribution is 0.841. The Hall–Kier alpha value is -2.86. The number of para-hydroxylation sites is 3. The van der Waals surface area contributed by atoms with Crippen LogP contribution in [0, 0.1) is 6.92 Å². The molecule has 1 aromatic heterocycles. The van der Waals surface area contributed by atoms with E-state index in [1.165, 1.54) is 0 Å². The minimum Gasteiger partial charge on any atom is -0.337 e. The molecular formula is C17H17N5S. The van der Waals surface area contributed by atoms with Gasteiger partial charge < -0.3 is 10.3 Å². The molecule has 5 nitrogen and oxygen atoms in total. The lowest BCUT2D eigenvalue weighted by Gasteiger charge is -2.14. The summed E-state index contributed by atoms with van der Waals surface area (Å²) in [6.45, 7) is 5.98. The van der Waals surface area contributed by atoms with Crippen molar-refractivity contribution < 1.29 is 0 Å². The highest BCUT2D eigenvalue weighted by Gasteiger charge is 2.06. The normalized spacial score (nSPS) is 10.3. The molecule has 6 heteroatoms. The van der Waals surface area contributed by atoms with E-state index in [4.69, 9.17) is 12.2 Å². The fourth-order valence-electron chi connectivity index (χ4n) is 2.15. The van der Waals surface area contributed by atoms with Crippen LogP contribution in [0.25, 0.3) is 16.7 Å². The van der Waals surface area contributed by atoms with Gasteiger partial charge >= 0.3 is 0 Å². The molecule has 0 atom stereocenters. The number of H-pyrrole nitrogens is 1. The number of imidazole rings is 1. The zero-order valence-corrected chi connectivity index (χ0v) is 13.5. The summed E-state index contributed by atoms with van der Waals surface area (Å²) < 4.78 is 0. The lowest BCUT2D eigenvalue weighted by Crippen LogP contribution is -2.39. The SMILES string of the molecule is C=C(NNC(=S)Nc1ccccc1C)c1nc2ccccc2[nH]1. The maximum atomic E-state index is 5.27. The first kappa shape index (κ1) is 15.1. The number of hydrogen-bond acceptors (Lipinski definition) is 3. The summed E-state index contributed by atoms with van der Waals surface area (Å²) in [5.41, 5.74) is 10.4. The van der Waals surface area contributed by atoms with E-state index in [-0.39, 0.29) is 0 Å². The van der Waals surface area contributed by atoms with Crippen molar-refractivity contribution in [2.24, 2.45) is 0 Å². The summed E-state index contributed by atoms with van der Waals surface area (Å²) in [5, 5.41) is 3.58. The summed E-state index contributed by atoms with van der Waals surface area (Å²) >= 11 is 5.27. The van der Waals surface area contributed by atoms with Gasteiger partial charge in [0.25, 0.3) is 0 Å². The molecular weight excluding hydrogens is 306 g/mol. The second-order valence-electron chi connectivity index (χ2n) is 5.10. The number of rotatable bonds is 4. The van der Waals surface area contributed by atoms with Crippen molar-refractivity contribution in [3.63, 3.8) is 0 Å². The number of aromatic nitrogens is 2. The van der Waals surface area contributed by atoms with Crippen LogP contribution in [0.1, 0.15) is 11.4 Å². The Kier molecular flexibility index (Phi) is 4.25. The lowest BCUT2D eigenvalue weighted by atomic mass is 10.2. The average Bonchev–Trinajstić information content (AvgIpc) is 2.99. The van der Waals surface area contributed by atoms with E-state index in [9.17, 15) is 0 Å². The smallest absolute Gasteiger partial charge is 0.189 e. The van der Waals surface area contributed by atoms with Crippen molar-refractivity contribution in [2.45, 2.75) is 6.92 Å². The van der Waals surface area contributed by atoms with Crippen LogP contribution >= 0.6 is 12.2 Å². The first-order chi connectivity index (χ1) is 11.1. The van der Waals surface area contributed by atoms with E-state index in [0.29, 0.717) is 16.6 Å². The quantitative estimate of drug-likeness (QED) is 0.438. The predicted molar refractivity (Wildman–Crippen MR) is 98.8 cm³/mol. The first-order valence-electron chi connectivity index (χ1n) is 7.16. The summed E-state index contributed by atoms with van der Waals surface area (Å²) in [6.07, 6.45) is 0. The molecule has 0 fully saturated rings. The van der Waals surface area contributed by atoms with Crippen LogP contribution in [-0.2, 0) is 0 Å². The zero-order valence-electron chi connectivity index (χ0n) is 12.7. The number of hydrogen-bond donors (Lipinski definition) is 4. The van der Waals surface area contributed by atoms with Crippen molar-refractivity contribution in [1.29, 1.82) is 0 Å². The van der Waals surface area contributed by atoms with Gasteiger partial charge in [0, 0.05) is 5.69 Å². The molecule has 0 amide bonds. The third-order valence-electron chi connectivity index (χ3n) is 3.40. The number of nitrogens with one attached hydrogen (secondary N) is 4. The van der Waals surface area contributed by atoms with E-state index in [1.807, 2.05) is 55.5 Å². The zero-order chi connectivity index (χ0) is 16.2. The molecule has 4 N–H and O–H groups in total. The number of aromatic amines is 1. The van der Waals surface area contributed by atoms with Crippen LogP contribution < -0.4 is 16.2 Å².